The maximum absolute atomic E-state index is 13.5. The Morgan fingerprint density at radius 3 is 1.62 bits per heavy atom. The van der Waals surface area contributed by atoms with E-state index in [1.165, 1.54) is 11.8 Å². The monoisotopic (exact) mass is 624 g/mol. The van der Waals surface area contributed by atoms with Crippen LogP contribution in [0.15, 0.2) is 114 Å². The Balaban J connectivity index is 1.52. The van der Waals surface area contributed by atoms with Gasteiger partial charge >= 0.3 is 17.9 Å². The van der Waals surface area contributed by atoms with E-state index < -0.39 is 41.7 Å². The summed E-state index contributed by atoms with van der Waals surface area (Å²) in [6.07, 6.45) is -3.36. The predicted octanol–water partition coefficient (Wildman–Crippen LogP) is 7.42. The van der Waals surface area contributed by atoms with Crippen molar-refractivity contribution in [3.8, 4) is 0 Å². The van der Waals surface area contributed by atoms with Crippen LogP contribution in [0.3, 0.4) is 0 Å². The predicted molar refractivity (Wildman–Crippen MR) is 172 cm³/mol. The zero-order valence-corrected chi connectivity index (χ0v) is 26.5. The number of carbonyl (C=O) groups excluding carboxylic acids is 3. The first-order valence-corrected chi connectivity index (χ1v) is 15.7. The van der Waals surface area contributed by atoms with Crippen molar-refractivity contribution in [1.82, 2.24) is 0 Å². The SMILES string of the molecule is Cc1ccc(C(C)(C)C)cc1S[C@@H]1OC[C@@H](OC(=O)c2ccccc2)[C@H](OC(=O)c2ccccc2)[C@H]1OC(=O)c1ccccc1. The van der Waals surface area contributed by atoms with Gasteiger partial charge in [0, 0.05) is 4.90 Å². The second kappa shape index (κ2) is 14.1. The van der Waals surface area contributed by atoms with E-state index in [1.54, 1.807) is 91.0 Å². The molecule has 0 N–H and O–H groups in total. The fourth-order valence-corrected chi connectivity index (χ4v) is 6.03. The molecule has 4 aromatic rings. The summed E-state index contributed by atoms with van der Waals surface area (Å²) in [5.74, 6) is -1.87. The van der Waals surface area contributed by atoms with Gasteiger partial charge in [-0.2, -0.15) is 0 Å². The van der Waals surface area contributed by atoms with Crippen LogP contribution >= 0.6 is 11.8 Å². The average molecular weight is 625 g/mol. The first kappa shape index (κ1) is 32.0. The molecule has 0 amide bonds. The largest absolute Gasteiger partial charge is 0.452 e. The lowest BCUT2D eigenvalue weighted by molar-refractivity contribution is -0.167. The van der Waals surface area contributed by atoms with Crippen LogP contribution in [0, 0.1) is 6.92 Å². The van der Waals surface area contributed by atoms with Crippen molar-refractivity contribution in [2.75, 3.05) is 6.61 Å². The third-order valence-corrected chi connectivity index (χ3v) is 8.78. The van der Waals surface area contributed by atoms with E-state index in [0.717, 1.165) is 16.0 Å². The highest BCUT2D eigenvalue weighted by Crippen LogP contribution is 2.38. The van der Waals surface area contributed by atoms with Crippen LogP contribution in [-0.4, -0.2) is 48.3 Å². The van der Waals surface area contributed by atoms with E-state index in [0.29, 0.717) is 16.7 Å². The van der Waals surface area contributed by atoms with Crippen LogP contribution in [0.4, 0.5) is 0 Å². The van der Waals surface area contributed by atoms with E-state index in [2.05, 4.69) is 32.9 Å². The highest BCUT2D eigenvalue weighted by Gasteiger charge is 2.48. The number of carbonyl (C=O) groups is 3. The van der Waals surface area contributed by atoms with Crippen molar-refractivity contribution >= 4 is 29.7 Å². The van der Waals surface area contributed by atoms with E-state index in [1.807, 2.05) is 13.0 Å². The number of rotatable bonds is 8. The highest BCUT2D eigenvalue weighted by atomic mass is 32.2. The van der Waals surface area contributed by atoms with Crippen molar-refractivity contribution in [2.24, 2.45) is 0 Å². The zero-order chi connectivity index (χ0) is 32.0. The fourth-order valence-electron chi connectivity index (χ4n) is 4.84. The summed E-state index contributed by atoms with van der Waals surface area (Å²) in [6, 6.07) is 31.8. The molecular formula is C37H36O7S. The van der Waals surface area contributed by atoms with E-state index in [9.17, 15) is 14.4 Å². The lowest BCUT2D eigenvalue weighted by Gasteiger charge is -2.40. The van der Waals surface area contributed by atoms with Crippen molar-refractivity contribution in [2.45, 2.75) is 61.8 Å². The number of ether oxygens (including phenoxy) is 4. The molecule has 232 valence electrons. The first-order valence-electron chi connectivity index (χ1n) is 14.8. The Hall–Kier alpha value is -4.40. The molecule has 45 heavy (non-hydrogen) atoms. The summed E-state index contributed by atoms with van der Waals surface area (Å²) >= 11 is 1.38. The summed E-state index contributed by atoms with van der Waals surface area (Å²) in [5.41, 5.74) is 2.22. The molecule has 0 saturated carbocycles. The van der Waals surface area contributed by atoms with Gasteiger partial charge in [-0.25, -0.2) is 14.4 Å². The molecule has 0 unspecified atom stereocenters. The highest BCUT2D eigenvalue weighted by molar-refractivity contribution is 7.99. The van der Waals surface area contributed by atoms with Gasteiger partial charge in [0.2, 0.25) is 0 Å². The number of hydrogen-bond acceptors (Lipinski definition) is 8. The Kier molecular flexibility index (Phi) is 10.1. The summed E-state index contributed by atoms with van der Waals surface area (Å²) in [7, 11) is 0. The normalized spacial score (nSPS) is 19.7. The molecule has 8 heteroatoms. The lowest BCUT2D eigenvalue weighted by atomic mass is 9.87. The molecule has 0 radical (unpaired) electrons. The Morgan fingerprint density at radius 2 is 1.13 bits per heavy atom. The molecule has 1 aliphatic heterocycles. The topological polar surface area (TPSA) is 88.1 Å². The third-order valence-electron chi connectivity index (χ3n) is 7.45. The van der Waals surface area contributed by atoms with Crippen LogP contribution in [0.2, 0.25) is 0 Å². The molecule has 0 bridgehead atoms. The standard InChI is InChI=1S/C37H36O7S/c1-24-20-21-28(37(2,3)4)22-30(24)45-36-32(44-35(40)27-18-12-7-13-19-27)31(43-34(39)26-16-10-6-11-17-26)29(23-41-36)42-33(38)25-14-8-5-9-15-25/h5-22,29,31-32,36H,23H2,1-4H3/t29-,31+,32-,36+/m1/s1. The van der Waals surface area contributed by atoms with Crippen molar-refractivity contribution in [3.05, 3.63) is 137 Å². The molecule has 0 aliphatic carbocycles. The second-order valence-electron chi connectivity index (χ2n) is 11.8. The van der Waals surface area contributed by atoms with Gasteiger partial charge in [0.15, 0.2) is 18.3 Å². The molecule has 1 heterocycles. The number of thioether (sulfide) groups is 1. The fraction of sp³-hybridized carbons (Fsp3) is 0.270. The van der Waals surface area contributed by atoms with E-state index in [-0.39, 0.29) is 12.0 Å². The quantitative estimate of drug-likeness (QED) is 0.148. The number of aryl methyl sites for hydroxylation is 1. The Morgan fingerprint density at radius 1 is 0.667 bits per heavy atom. The van der Waals surface area contributed by atoms with Crippen LogP contribution in [0.5, 0.6) is 0 Å². The number of hydrogen-bond donors (Lipinski definition) is 0. The molecule has 0 spiro atoms. The van der Waals surface area contributed by atoms with Crippen molar-refractivity contribution < 1.29 is 33.3 Å². The molecule has 4 aromatic carbocycles. The van der Waals surface area contributed by atoms with Crippen molar-refractivity contribution in [3.63, 3.8) is 0 Å². The molecule has 7 nitrogen and oxygen atoms in total. The van der Waals surface area contributed by atoms with Crippen LogP contribution < -0.4 is 0 Å². The van der Waals surface area contributed by atoms with Gasteiger partial charge in [-0.3, -0.25) is 0 Å². The zero-order valence-electron chi connectivity index (χ0n) is 25.7. The molecule has 1 saturated heterocycles. The summed E-state index contributed by atoms with van der Waals surface area (Å²) in [4.78, 5) is 41.0. The maximum atomic E-state index is 13.5. The first-order chi connectivity index (χ1) is 21.6. The minimum atomic E-state index is -1.17. The van der Waals surface area contributed by atoms with Gasteiger partial charge in [0.05, 0.1) is 23.3 Å². The third kappa shape index (κ3) is 8.01. The van der Waals surface area contributed by atoms with Crippen LogP contribution in [0.1, 0.15) is 63.0 Å². The summed E-state index contributed by atoms with van der Waals surface area (Å²) in [5, 5.41) is 0. The Bertz CT molecular complexity index is 1620. The average Bonchev–Trinajstić information content (AvgIpc) is 3.05. The summed E-state index contributed by atoms with van der Waals surface area (Å²) < 4.78 is 24.4. The van der Waals surface area contributed by atoms with Gasteiger partial charge in [-0.15, -0.1) is 0 Å². The van der Waals surface area contributed by atoms with Gasteiger partial charge in [0.25, 0.3) is 0 Å². The van der Waals surface area contributed by atoms with E-state index in [4.69, 9.17) is 18.9 Å². The van der Waals surface area contributed by atoms with Crippen LogP contribution in [-0.2, 0) is 24.4 Å². The molecule has 4 atom stereocenters. The molecule has 0 aromatic heterocycles. The second-order valence-corrected chi connectivity index (χ2v) is 13.0. The van der Waals surface area contributed by atoms with Gasteiger partial charge < -0.3 is 18.9 Å². The molecule has 5 rings (SSSR count). The maximum Gasteiger partial charge on any atom is 0.338 e. The smallest absolute Gasteiger partial charge is 0.338 e. The lowest BCUT2D eigenvalue weighted by Crippen LogP contribution is -2.56. The minimum Gasteiger partial charge on any atom is -0.452 e. The molecule has 1 aliphatic rings. The molecule has 1 fully saturated rings. The number of benzene rings is 4. The number of esters is 3. The van der Waals surface area contributed by atoms with Crippen molar-refractivity contribution in [1.29, 1.82) is 0 Å². The van der Waals surface area contributed by atoms with Gasteiger partial charge in [-0.05, 0) is 65.9 Å². The Labute approximate surface area is 267 Å². The van der Waals surface area contributed by atoms with Gasteiger partial charge in [0.1, 0.15) is 5.44 Å². The minimum absolute atomic E-state index is 0.0830. The molecular weight excluding hydrogens is 588 g/mol. The van der Waals surface area contributed by atoms with Crippen LogP contribution in [0.25, 0.3) is 0 Å². The summed E-state index contributed by atoms with van der Waals surface area (Å²) in [6.45, 7) is 8.33. The van der Waals surface area contributed by atoms with Gasteiger partial charge in [-0.1, -0.05) is 99.3 Å². The van der Waals surface area contributed by atoms with E-state index >= 15 is 0 Å².